The van der Waals surface area contributed by atoms with Crippen LogP contribution in [-0.2, 0) is 6.54 Å². The van der Waals surface area contributed by atoms with Crippen molar-refractivity contribution in [1.82, 2.24) is 25.0 Å². The summed E-state index contributed by atoms with van der Waals surface area (Å²) in [6.45, 7) is 2.39. The van der Waals surface area contributed by atoms with Crippen LogP contribution in [0, 0.1) is 5.92 Å². The Kier molecular flexibility index (Phi) is 5.01. The summed E-state index contributed by atoms with van der Waals surface area (Å²) in [4.78, 5) is 29.3. The number of hydrogen-bond donors (Lipinski definition) is 3. The first-order valence-electron chi connectivity index (χ1n) is 9.50. The van der Waals surface area contributed by atoms with Crippen molar-refractivity contribution < 1.29 is 9.59 Å². The molecule has 0 saturated carbocycles. The van der Waals surface area contributed by atoms with Crippen molar-refractivity contribution in [1.29, 1.82) is 0 Å². The summed E-state index contributed by atoms with van der Waals surface area (Å²) < 4.78 is 1.96. The Morgan fingerprint density at radius 2 is 2.07 bits per heavy atom. The Morgan fingerprint density at radius 1 is 1.25 bits per heavy atom. The maximum absolute atomic E-state index is 12.6. The minimum absolute atomic E-state index is 0.0843. The number of fused-ring (bicyclic) bond motifs is 1. The van der Waals surface area contributed by atoms with Crippen LogP contribution in [0.15, 0.2) is 42.7 Å². The lowest BCUT2D eigenvalue weighted by atomic mass is 9.97. The van der Waals surface area contributed by atoms with E-state index in [1.165, 1.54) is 0 Å². The number of hydrogen-bond acceptors (Lipinski definition) is 3. The summed E-state index contributed by atoms with van der Waals surface area (Å²) in [5.41, 5.74) is 2.08. The monoisotopic (exact) mass is 380 g/mol. The maximum Gasteiger partial charge on any atom is 0.321 e. The first kappa shape index (κ1) is 18.1. The minimum atomic E-state index is -0.167. The van der Waals surface area contributed by atoms with Crippen LogP contribution in [0.4, 0.5) is 10.5 Å². The molecule has 3 aromatic rings. The third-order valence-corrected chi connectivity index (χ3v) is 5.25. The number of carbonyl (C=O) groups excluding carboxylic acids is 2. The molecule has 1 fully saturated rings. The average molecular weight is 380 g/mol. The van der Waals surface area contributed by atoms with Gasteiger partial charge in [0.15, 0.2) is 0 Å². The fraction of sp³-hybridized carbons (Fsp3) is 0.350. The molecule has 0 atom stereocenters. The van der Waals surface area contributed by atoms with Gasteiger partial charge in [0.05, 0.1) is 0 Å². The van der Waals surface area contributed by atoms with Crippen LogP contribution in [-0.4, -0.2) is 51.7 Å². The lowest BCUT2D eigenvalue weighted by Crippen LogP contribution is -2.41. The van der Waals surface area contributed by atoms with Crippen LogP contribution in [0.25, 0.3) is 10.9 Å². The standard InChI is InChI=1S/C20H24N6O2/c1-21-19(27)18-12-15-11-16(3-4-17(15)24-18)23-20(28)25-9-5-14(6-10-25)13-26-8-2-7-22-26/h2-4,7-8,11-12,14,24H,5-6,9-10,13H2,1H3,(H,21,27)(H,23,28). The number of nitrogens with one attached hydrogen (secondary N) is 3. The molecule has 2 aromatic heterocycles. The van der Waals surface area contributed by atoms with E-state index in [-0.39, 0.29) is 11.9 Å². The molecule has 28 heavy (non-hydrogen) atoms. The molecule has 1 aromatic carbocycles. The third-order valence-electron chi connectivity index (χ3n) is 5.25. The Bertz CT molecular complexity index is 970. The molecule has 0 aliphatic carbocycles. The lowest BCUT2D eigenvalue weighted by molar-refractivity contribution is 0.0959. The van der Waals surface area contributed by atoms with Crippen molar-refractivity contribution >= 4 is 28.5 Å². The van der Waals surface area contributed by atoms with Crippen molar-refractivity contribution in [3.63, 3.8) is 0 Å². The van der Waals surface area contributed by atoms with Gasteiger partial charge in [-0.15, -0.1) is 0 Å². The van der Waals surface area contributed by atoms with Crippen LogP contribution >= 0.6 is 0 Å². The second-order valence-corrected chi connectivity index (χ2v) is 7.15. The number of rotatable bonds is 4. The van der Waals surface area contributed by atoms with E-state index in [1.807, 2.05) is 40.0 Å². The fourth-order valence-corrected chi connectivity index (χ4v) is 3.66. The summed E-state index contributed by atoms with van der Waals surface area (Å²) in [6.07, 6.45) is 5.71. The van der Waals surface area contributed by atoms with Crippen molar-refractivity contribution in [3.8, 4) is 0 Å². The first-order chi connectivity index (χ1) is 13.6. The minimum Gasteiger partial charge on any atom is -0.354 e. The number of aromatic nitrogens is 3. The molecule has 4 rings (SSSR count). The predicted molar refractivity (Wildman–Crippen MR) is 107 cm³/mol. The molecule has 0 bridgehead atoms. The molecule has 146 valence electrons. The van der Waals surface area contributed by atoms with Crippen molar-refractivity contribution in [2.24, 2.45) is 5.92 Å². The van der Waals surface area contributed by atoms with Crippen LogP contribution < -0.4 is 10.6 Å². The molecule has 8 nitrogen and oxygen atoms in total. The molecular formula is C20H24N6O2. The van der Waals surface area contributed by atoms with Gasteiger partial charge < -0.3 is 20.5 Å². The molecule has 3 heterocycles. The molecule has 3 N–H and O–H groups in total. The Morgan fingerprint density at radius 3 is 2.79 bits per heavy atom. The predicted octanol–water partition coefficient (Wildman–Crippen LogP) is 2.67. The van der Waals surface area contributed by atoms with Gasteiger partial charge in [0.1, 0.15) is 5.69 Å². The number of H-pyrrole nitrogens is 1. The largest absolute Gasteiger partial charge is 0.354 e. The lowest BCUT2D eigenvalue weighted by Gasteiger charge is -2.32. The van der Waals surface area contributed by atoms with Crippen LogP contribution in [0.1, 0.15) is 23.3 Å². The SMILES string of the molecule is CNC(=O)c1cc2cc(NC(=O)N3CCC(Cn4cccn4)CC3)ccc2[nH]1. The molecule has 1 aliphatic heterocycles. The number of amides is 3. The van der Waals surface area contributed by atoms with E-state index in [2.05, 4.69) is 20.7 Å². The van der Waals surface area contributed by atoms with E-state index in [0.29, 0.717) is 11.6 Å². The van der Waals surface area contributed by atoms with E-state index in [9.17, 15) is 9.59 Å². The second-order valence-electron chi connectivity index (χ2n) is 7.15. The molecule has 1 aliphatic rings. The number of aromatic amines is 1. The van der Waals surface area contributed by atoms with Crippen LogP contribution in [0.2, 0.25) is 0 Å². The zero-order valence-corrected chi connectivity index (χ0v) is 15.8. The highest BCUT2D eigenvalue weighted by molar-refractivity contribution is 5.99. The van der Waals surface area contributed by atoms with Crippen molar-refractivity contribution in [2.75, 3.05) is 25.5 Å². The molecular weight excluding hydrogens is 356 g/mol. The Labute approximate surface area is 162 Å². The summed E-state index contributed by atoms with van der Waals surface area (Å²) in [5, 5.41) is 10.7. The number of urea groups is 1. The first-order valence-corrected chi connectivity index (χ1v) is 9.50. The van der Waals surface area contributed by atoms with E-state index in [4.69, 9.17) is 0 Å². The summed E-state index contributed by atoms with van der Waals surface area (Å²) in [7, 11) is 1.59. The van der Waals surface area contributed by atoms with Gasteiger partial charge in [-0.3, -0.25) is 9.48 Å². The van der Waals surface area contributed by atoms with Crippen LogP contribution in [0.3, 0.4) is 0 Å². The van der Waals surface area contributed by atoms with E-state index in [0.717, 1.165) is 49.1 Å². The second kappa shape index (κ2) is 7.75. The fourth-order valence-electron chi connectivity index (χ4n) is 3.66. The quantitative estimate of drug-likeness (QED) is 0.649. The van der Waals surface area contributed by atoms with Gasteiger partial charge in [0, 0.05) is 55.7 Å². The maximum atomic E-state index is 12.6. The summed E-state index contributed by atoms with van der Waals surface area (Å²) >= 11 is 0. The third kappa shape index (κ3) is 3.85. The number of benzene rings is 1. The van der Waals surface area contributed by atoms with Gasteiger partial charge in [-0.05, 0) is 49.1 Å². The molecule has 1 saturated heterocycles. The smallest absolute Gasteiger partial charge is 0.321 e. The zero-order valence-electron chi connectivity index (χ0n) is 15.8. The van der Waals surface area contributed by atoms with E-state index >= 15 is 0 Å². The highest BCUT2D eigenvalue weighted by Crippen LogP contribution is 2.22. The average Bonchev–Trinajstić information content (AvgIpc) is 3.37. The summed E-state index contributed by atoms with van der Waals surface area (Å²) in [6, 6.07) is 9.22. The Balaban J connectivity index is 1.35. The topological polar surface area (TPSA) is 95.1 Å². The number of piperidine rings is 1. The van der Waals surface area contributed by atoms with Crippen molar-refractivity contribution in [3.05, 3.63) is 48.4 Å². The molecule has 0 radical (unpaired) electrons. The normalized spacial score (nSPS) is 15.0. The highest BCUT2D eigenvalue weighted by Gasteiger charge is 2.23. The van der Waals surface area contributed by atoms with Gasteiger partial charge in [-0.25, -0.2) is 4.79 Å². The van der Waals surface area contributed by atoms with Crippen molar-refractivity contribution in [2.45, 2.75) is 19.4 Å². The van der Waals surface area contributed by atoms with Gasteiger partial charge in [-0.1, -0.05) is 0 Å². The summed E-state index contributed by atoms with van der Waals surface area (Å²) in [5.74, 6) is 0.378. The number of nitrogens with zero attached hydrogens (tertiary/aromatic N) is 3. The van der Waals surface area contributed by atoms with E-state index < -0.39 is 0 Å². The van der Waals surface area contributed by atoms with E-state index in [1.54, 1.807) is 19.3 Å². The van der Waals surface area contributed by atoms with Gasteiger partial charge in [0.25, 0.3) is 5.91 Å². The number of likely N-dealkylation sites (tertiary alicyclic amines) is 1. The highest BCUT2D eigenvalue weighted by atomic mass is 16.2. The van der Waals surface area contributed by atoms with Gasteiger partial charge in [0.2, 0.25) is 0 Å². The molecule has 0 unspecified atom stereocenters. The Hall–Kier alpha value is -3.29. The van der Waals surface area contributed by atoms with Crippen LogP contribution in [0.5, 0.6) is 0 Å². The number of carbonyl (C=O) groups is 2. The molecule has 8 heteroatoms. The van der Waals surface area contributed by atoms with Gasteiger partial charge in [-0.2, -0.15) is 5.10 Å². The van der Waals surface area contributed by atoms with Gasteiger partial charge >= 0.3 is 6.03 Å². The molecule has 0 spiro atoms. The number of anilines is 1. The zero-order chi connectivity index (χ0) is 19.5. The molecule has 3 amide bonds.